The summed E-state index contributed by atoms with van der Waals surface area (Å²) in [6, 6.07) is 8.47. The van der Waals surface area contributed by atoms with E-state index in [1.807, 2.05) is 24.3 Å². The molecule has 18 heavy (non-hydrogen) atoms. The summed E-state index contributed by atoms with van der Waals surface area (Å²) < 4.78 is 0. The Kier molecular flexibility index (Phi) is 4.59. The maximum atomic E-state index is 10.8. The number of anilines is 1. The SMILES string of the molecule is NC(=O)Cc1ccc(NCC2CCCCN2)cc1. The van der Waals surface area contributed by atoms with E-state index in [-0.39, 0.29) is 5.91 Å². The highest BCUT2D eigenvalue weighted by Crippen LogP contribution is 2.12. The molecule has 1 amide bonds. The van der Waals surface area contributed by atoms with Crippen LogP contribution < -0.4 is 16.4 Å². The molecule has 1 fully saturated rings. The highest BCUT2D eigenvalue weighted by atomic mass is 16.1. The number of piperidine rings is 1. The predicted molar refractivity (Wildman–Crippen MR) is 73.5 cm³/mol. The molecule has 1 aromatic carbocycles. The molecule has 1 unspecified atom stereocenters. The lowest BCUT2D eigenvalue weighted by molar-refractivity contribution is -0.117. The first-order chi connectivity index (χ1) is 8.74. The van der Waals surface area contributed by atoms with Crippen LogP contribution in [0.15, 0.2) is 24.3 Å². The molecule has 4 heteroatoms. The first kappa shape index (κ1) is 12.9. The monoisotopic (exact) mass is 247 g/mol. The number of nitrogens with two attached hydrogens (primary N) is 1. The van der Waals surface area contributed by atoms with Gasteiger partial charge in [0.2, 0.25) is 5.91 Å². The van der Waals surface area contributed by atoms with Crippen LogP contribution >= 0.6 is 0 Å². The smallest absolute Gasteiger partial charge is 0.221 e. The number of carbonyl (C=O) groups excluding carboxylic acids is 1. The largest absolute Gasteiger partial charge is 0.383 e. The van der Waals surface area contributed by atoms with Gasteiger partial charge in [-0.1, -0.05) is 18.6 Å². The van der Waals surface area contributed by atoms with Crippen LogP contribution in [0.3, 0.4) is 0 Å². The molecular formula is C14H21N3O. The Morgan fingerprint density at radius 1 is 1.33 bits per heavy atom. The third-order valence-corrected chi connectivity index (χ3v) is 3.30. The fraction of sp³-hybridized carbons (Fsp3) is 0.500. The molecule has 0 radical (unpaired) electrons. The van der Waals surface area contributed by atoms with Crippen LogP contribution in [0, 0.1) is 0 Å². The Morgan fingerprint density at radius 3 is 2.72 bits per heavy atom. The number of carbonyl (C=O) groups is 1. The lowest BCUT2D eigenvalue weighted by Crippen LogP contribution is -2.39. The van der Waals surface area contributed by atoms with Gasteiger partial charge in [-0.25, -0.2) is 0 Å². The van der Waals surface area contributed by atoms with E-state index in [1.165, 1.54) is 19.3 Å². The van der Waals surface area contributed by atoms with Gasteiger partial charge in [-0.2, -0.15) is 0 Å². The molecule has 4 nitrogen and oxygen atoms in total. The van der Waals surface area contributed by atoms with Gasteiger partial charge in [0.15, 0.2) is 0 Å². The molecule has 0 saturated carbocycles. The van der Waals surface area contributed by atoms with Crippen LogP contribution in [-0.4, -0.2) is 25.0 Å². The average molecular weight is 247 g/mol. The van der Waals surface area contributed by atoms with Gasteiger partial charge in [0.25, 0.3) is 0 Å². The Hall–Kier alpha value is -1.55. The van der Waals surface area contributed by atoms with Crippen molar-refractivity contribution in [3.05, 3.63) is 29.8 Å². The van der Waals surface area contributed by atoms with Gasteiger partial charge in [-0.3, -0.25) is 4.79 Å². The zero-order valence-electron chi connectivity index (χ0n) is 10.6. The van der Waals surface area contributed by atoms with Crippen molar-refractivity contribution < 1.29 is 4.79 Å². The van der Waals surface area contributed by atoms with Gasteiger partial charge in [-0.15, -0.1) is 0 Å². The van der Waals surface area contributed by atoms with Crippen molar-refractivity contribution >= 4 is 11.6 Å². The van der Waals surface area contributed by atoms with Crippen molar-refractivity contribution in [1.82, 2.24) is 5.32 Å². The van der Waals surface area contributed by atoms with E-state index in [4.69, 9.17) is 5.73 Å². The number of nitrogens with one attached hydrogen (secondary N) is 2. The number of hydrogen-bond acceptors (Lipinski definition) is 3. The van der Waals surface area contributed by atoms with Crippen LogP contribution in [0.5, 0.6) is 0 Å². The first-order valence-electron chi connectivity index (χ1n) is 6.58. The zero-order valence-corrected chi connectivity index (χ0v) is 10.6. The fourth-order valence-corrected chi connectivity index (χ4v) is 2.28. The molecule has 1 heterocycles. The lowest BCUT2D eigenvalue weighted by Gasteiger charge is -2.24. The van der Waals surface area contributed by atoms with Crippen molar-refractivity contribution in [2.45, 2.75) is 31.7 Å². The molecule has 98 valence electrons. The van der Waals surface area contributed by atoms with Crippen LogP contribution in [0.25, 0.3) is 0 Å². The van der Waals surface area contributed by atoms with Crippen LogP contribution in [0.1, 0.15) is 24.8 Å². The lowest BCUT2D eigenvalue weighted by atomic mass is 10.0. The third kappa shape index (κ3) is 4.04. The Morgan fingerprint density at radius 2 is 2.11 bits per heavy atom. The van der Waals surface area contributed by atoms with Gasteiger partial charge in [0, 0.05) is 18.3 Å². The molecule has 1 atom stereocenters. The molecule has 0 aliphatic carbocycles. The number of primary amides is 1. The van der Waals surface area contributed by atoms with Crippen molar-refractivity contribution in [3.63, 3.8) is 0 Å². The van der Waals surface area contributed by atoms with Gasteiger partial charge in [0.05, 0.1) is 6.42 Å². The number of amides is 1. The summed E-state index contributed by atoms with van der Waals surface area (Å²) in [5, 5.41) is 6.92. The molecule has 2 rings (SSSR count). The molecule has 1 saturated heterocycles. The maximum absolute atomic E-state index is 10.8. The first-order valence-corrected chi connectivity index (χ1v) is 6.58. The minimum absolute atomic E-state index is 0.290. The van der Waals surface area contributed by atoms with E-state index in [2.05, 4.69) is 10.6 Å². The highest BCUT2D eigenvalue weighted by Gasteiger charge is 2.11. The molecule has 4 N–H and O–H groups in total. The van der Waals surface area contributed by atoms with E-state index in [1.54, 1.807) is 0 Å². The quantitative estimate of drug-likeness (QED) is 0.734. The van der Waals surface area contributed by atoms with E-state index >= 15 is 0 Å². The number of benzene rings is 1. The number of rotatable bonds is 5. The van der Waals surface area contributed by atoms with Crippen LogP contribution in [0.4, 0.5) is 5.69 Å². The summed E-state index contributed by atoms with van der Waals surface area (Å²) in [4.78, 5) is 10.8. The number of hydrogen-bond donors (Lipinski definition) is 3. The summed E-state index contributed by atoms with van der Waals surface area (Å²) in [7, 11) is 0. The Labute approximate surface area is 108 Å². The standard InChI is InChI=1S/C14H21N3O/c15-14(18)9-11-4-6-12(7-5-11)17-10-13-3-1-2-8-16-13/h4-7,13,16-17H,1-3,8-10H2,(H2,15,18). The van der Waals surface area contributed by atoms with Crippen LogP contribution in [-0.2, 0) is 11.2 Å². The van der Waals surface area contributed by atoms with Gasteiger partial charge in [0.1, 0.15) is 0 Å². The topological polar surface area (TPSA) is 67.2 Å². The normalized spacial score (nSPS) is 19.4. The Bertz CT molecular complexity index is 383. The summed E-state index contributed by atoms with van der Waals surface area (Å²) >= 11 is 0. The summed E-state index contributed by atoms with van der Waals surface area (Å²) in [6.45, 7) is 2.08. The second-order valence-corrected chi connectivity index (χ2v) is 4.87. The highest BCUT2D eigenvalue weighted by molar-refractivity contribution is 5.76. The molecule has 1 aliphatic rings. The van der Waals surface area contributed by atoms with Crippen molar-refractivity contribution in [3.8, 4) is 0 Å². The van der Waals surface area contributed by atoms with E-state index in [0.717, 1.165) is 24.3 Å². The summed E-state index contributed by atoms with van der Waals surface area (Å²) in [5.74, 6) is -0.290. The van der Waals surface area contributed by atoms with Gasteiger partial charge in [-0.05, 0) is 37.1 Å². The summed E-state index contributed by atoms with van der Waals surface area (Å²) in [5.41, 5.74) is 7.21. The molecule has 1 aliphatic heterocycles. The van der Waals surface area contributed by atoms with Crippen molar-refractivity contribution in [2.24, 2.45) is 5.73 Å². The van der Waals surface area contributed by atoms with E-state index < -0.39 is 0 Å². The zero-order chi connectivity index (χ0) is 12.8. The fourth-order valence-electron chi connectivity index (χ4n) is 2.28. The minimum atomic E-state index is -0.290. The predicted octanol–water partition coefficient (Wildman–Crippen LogP) is 1.27. The second kappa shape index (κ2) is 6.40. The molecule has 1 aromatic rings. The van der Waals surface area contributed by atoms with Crippen molar-refractivity contribution in [1.29, 1.82) is 0 Å². The third-order valence-electron chi connectivity index (χ3n) is 3.30. The second-order valence-electron chi connectivity index (χ2n) is 4.87. The molecule has 0 spiro atoms. The van der Waals surface area contributed by atoms with E-state index in [9.17, 15) is 4.79 Å². The molecule has 0 bridgehead atoms. The Balaban J connectivity index is 1.80. The molecular weight excluding hydrogens is 226 g/mol. The van der Waals surface area contributed by atoms with Crippen LogP contribution in [0.2, 0.25) is 0 Å². The van der Waals surface area contributed by atoms with E-state index in [0.29, 0.717) is 12.5 Å². The maximum Gasteiger partial charge on any atom is 0.221 e. The van der Waals surface area contributed by atoms with Crippen molar-refractivity contribution in [2.75, 3.05) is 18.4 Å². The van der Waals surface area contributed by atoms with Gasteiger partial charge < -0.3 is 16.4 Å². The minimum Gasteiger partial charge on any atom is -0.383 e. The van der Waals surface area contributed by atoms with Gasteiger partial charge >= 0.3 is 0 Å². The molecule has 0 aromatic heterocycles. The summed E-state index contributed by atoms with van der Waals surface area (Å²) in [6.07, 6.45) is 4.16. The average Bonchev–Trinajstić information content (AvgIpc) is 2.38.